The smallest absolute Gasteiger partial charge is 0.303 e. The van der Waals surface area contributed by atoms with Crippen LogP contribution in [0.3, 0.4) is 0 Å². The lowest BCUT2D eigenvalue weighted by molar-refractivity contribution is -0.140. The lowest BCUT2D eigenvalue weighted by Crippen LogP contribution is -2.39. The summed E-state index contributed by atoms with van der Waals surface area (Å²) in [5.41, 5.74) is 0.286. The predicted octanol–water partition coefficient (Wildman–Crippen LogP) is 4.73. The molecule has 0 saturated heterocycles. The Hall–Kier alpha value is -0.530. The first-order valence-electron chi connectivity index (χ1n) is 8.77. The Bertz CT molecular complexity index is 354. The Morgan fingerprint density at radius 3 is 1.95 bits per heavy atom. The van der Waals surface area contributed by atoms with Crippen molar-refractivity contribution in [2.24, 2.45) is 35.0 Å². The van der Waals surface area contributed by atoms with Gasteiger partial charge in [-0.3, -0.25) is 4.79 Å². The van der Waals surface area contributed by atoms with Crippen molar-refractivity contribution in [3.8, 4) is 0 Å². The maximum Gasteiger partial charge on any atom is 0.303 e. The van der Waals surface area contributed by atoms with Crippen molar-refractivity contribution in [3.63, 3.8) is 0 Å². The number of carboxylic acid groups (broad SMARTS) is 1. The lowest BCUT2D eigenvalue weighted by Gasteiger charge is -2.45. The van der Waals surface area contributed by atoms with Gasteiger partial charge in [-0.2, -0.15) is 0 Å². The van der Waals surface area contributed by atoms with Crippen molar-refractivity contribution in [2.75, 3.05) is 0 Å². The van der Waals surface area contributed by atoms with Crippen LogP contribution in [0.5, 0.6) is 0 Å². The van der Waals surface area contributed by atoms with Crippen LogP contribution in [-0.4, -0.2) is 11.1 Å². The molecule has 3 aliphatic carbocycles. The molecule has 0 amide bonds. The zero-order valence-electron chi connectivity index (χ0n) is 13.1. The highest BCUT2D eigenvalue weighted by Gasteiger charge is 2.59. The second kappa shape index (κ2) is 5.35. The summed E-state index contributed by atoms with van der Waals surface area (Å²) in [4.78, 5) is 11.2. The number of carboxylic acids is 1. The molecule has 0 bridgehead atoms. The summed E-state index contributed by atoms with van der Waals surface area (Å²) < 4.78 is 0. The predicted molar refractivity (Wildman–Crippen MR) is 80.4 cm³/mol. The van der Waals surface area contributed by atoms with Gasteiger partial charge in [-0.05, 0) is 60.7 Å². The Labute approximate surface area is 123 Å². The average Bonchev–Trinajstić information content (AvgIpc) is 2.71. The van der Waals surface area contributed by atoms with Gasteiger partial charge in [0.1, 0.15) is 0 Å². The first kappa shape index (κ1) is 14.4. The van der Waals surface area contributed by atoms with E-state index in [4.69, 9.17) is 0 Å². The van der Waals surface area contributed by atoms with E-state index in [1.807, 2.05) is 0 Å². The summed E-state index contributed by atoms with van der Waals surface area (Å²) in [5, 5.41) is 9.25. The summed E-state index contributed by atoms with van der Waals surface area (Å²) in [6.07, 6.45) is 11.5. The normalized spacial score (nSPS) is 45.5. The highest BCUT2D eigenvalue weighted by Crippen LogP contribution is 2.66. The lowest BCUT2D eigenvalue weighted by atomic mass is 9.60. The quantitative estimate of drug-likeness (QED) is 0.810. The summed E-state index contributed by atoms with van der Waals surface area (Å²) in [6, 6.07) is 0. The van der Waals surface area contributed by atoms with E-state index < -0.39 is 5.97 Å². The van der Waals surface area contributed by atoms with E-state index in [0.29, 0.717) is 12.3 Å². The van der Waals surface area contributed by atoms with Gasteiger partial charge in [0.15, 0.2) is 0 Å². The molecule has 6 atom stereocenters. The van der Waals surface area contributed by atoms with Crippen molar-refractivity contribution in [1.29, 1.82) is 0 Å². The number of hydrogen-bond acceptors (Lipinski definition) is 1. The van der Waals surface area contributed by atoms with E-state index in [1.165, 1.54) is 51.4 Å². The Morgan fingerprint density at radius 1 is 1.05 bits per heavy atom. The van der Waals surface area contributed by atoms with Crippen LogP contribution in [0.1, 0.15) is 71.6 Å². The van der Waals surface area contributed by atoms with Gasteiger partial charge >= 0.3 is 5.97 Å². The molecule has 0 aromatic rings. The third-order valence-electron chi connectivity index (χ3n) is 7.33. The second-order valence-corrected chi connectivity index (χ2v) is 7.97. The van der Waals surface area contributed by atoms with Gasteiger partial charge in [0.2, 0.25) is 0 Å². The van der Waals surface area contributed by atoms with Gasteiger partial charge in [-0.15, -0.1) is 0 Å². The maximum atomic E-state index is 11.2. The molecule has 20 heavy (non-hydrogen) atoms. The second-order valence-electron chi connectivity index (χ2n) is 7.97. The van der Waals surface area contributed by atoms with E-state index in [-0.39, 0.29) is 5.41 Å². The number of rotatable bonds is 3. The van der Waals surface area contributed by atoms with E-state index in [9.17, 15) is 9.90 Å². The summed E-state index contributed by atoms with van der Waals surface area (Å²) >= 11 is 0. The minimum absolute atomic E-state index is 0.286. The minimum Gasteiger partial charge on any atom is -0.481 e. The fraction of sp³-hybridized carbons (Fsp3) is 0.944. The van der Waals surface area contributed by atoms with Crippen molar-refractivity contribution < 1.29 is 9.90 Å². The minimum atomic E-state index is -0.606. The van der Waals surface area contributed by atoms with E-state index in [0.717, 1.165) is 23.7 Å². The molecule has 3 rings (SSSR count). The third kappa shape index (κ3) is 2.10. The highest BCUT2D eigenvalue weighted by molar-refractivity contribution is 5.67. The van der Waals surface area contributed by atoms with Crippen LogP contribution in [0.4, 0.5) is 0 Å². The summed E-state index contributed by atoms with van der Waals surface area (Å²) in [7, 11) is 0. The van der Waals surface area contributed by atoms with Gasteiger partial charge in [-0.25, -0.2) is 0 Å². The number of carbonyl (C=O) groups is 1. The molecule has 0 aliphatic heterocycles. The van der Waals surface area contributed by atoms with Crippen LogP contribution in [0.15, 0.2) is 0 Å². The van der Waals surface area contributed by atoms with Crippen molar-refractivity contribution in [3.05, 3.63) is 0 Å². The number of aliphatic carboxylic acids is 1. The van der Waals surface area contributed by atoms with Gasteiger partial charge in [0, 0.05) is 6.42 Å². The number of fused-ring (bicyclic) bond motifs is 3. The zero-order chi connectivity index (χ0) is 14.3. The molecule has 0 spiro atoms. The Balaban J connectivity index is 1.91. The fourth-order valence-electron chi connectivity index (χ4n) is 6.38. The molecule has 0 aromatic heterocycles. The fourth-order valence-corrected chi connectivity index (χ4v) is 6.38. The van der Waals surface area contributed by atoms with Crippen LogP contribution >= 0.6 is 0 Å². The van der Waals surface area contributed by atoms with Crippen LogP contribution in [0.25, 0.3) is 0 Å². The first-order valence-corrected chi connectivity index (χ1v) is 8.77. The van der Waals surface area contributed by atoms with Crippen molar-refractivity contribution >= 4 is 5.97 Å². The molecule has 3 fully saturated rings. The van der Waals surface area contributed by atoms with Crippen molar-refractivity contribution in [2.45, 2.75) is 71.6 Å². The monoisotopic (exact) mass is 278 g/mol. The SMILES string of the molecule is C[C@@H](CC(=O)O)C1(C)[C@@H]2CCCC[C@@H]2[C@H]2CCCC[C@@H]21. The molecule has 3 saturated carbocycles. The summed E-state index contributed by atoms with van der Waals surface area (Å²) in [6.45, 7) is 4.68. The van der Waals surface area contributed by atoms with E-state index in [2.05, 4.69) is 13.8 Å². The zero-order valence-corrected chi connectivity index (χ0v) is 13.1. The molecule has 0 radical (unpaired) electrons. The molecule has 114 valence electrons. The molecular formula is C18H30O2. The molecule has 0 aromatic carbocycles. The highest BCUT2D eigenvalue weighted by atomic mass is 16.4. The molecule has 2 heteroatoms. The molecule has 0 heterocycles. The van der Waals surface area contributed by atoms with Gasteiger partial charge in [0.25, 0.3) is 0 Å². The average molecular weight is 278 g/mol. The van der Waals surface area contributed by atoms with Crippen LogP contribution in [-0.2, 0) is 4.79 Å². The third-order valence-corrected chi connectivity index (χ3v) is 7.33. The van der Waals surface area contributed by atoms with Gasteiger partial charge in [0.05, 0.1) is 0 Å². The van der Waals surface area contributed by atoms with Gasteiger partial charge < -0.3 is 5.11 Å². The number of hydrogen-bond donors (Lipinski definition) is 1. The Kier molecular flexibility index (Phi) is 3.85. The Morgan fingerprint density at radius 2 is 1.50 bits per heavy atom. The van der Waals surface area contributed by atoms with Crippen molar-refractivity contribution in [1.82, 2.24) is 0 Å². The molecule has 1 N–H and O–H groups in total. The summed E-state index contributed by atoms with van der Waals surface area (Å²) in [5.74, 6) is 3.16. The molecule has 2 nitrogen and oxygen atoms in total. The van der Waals surface area contributed by atoms with Crippen LogP contribution in [0.2, 0.25) is 0 Å². The van der Waals surface area contributed by atoms with Crippen LogP contribution in [0, 0.1) is 35.0 Å². The van der Waals surface area contributed by atoms with E-state index >= 15 is 0 Å². The molecular weight excluding hydrogens is 248 g/mol. The molecule has 1 unspecified atom stereocenters. The van der Waals surface area contributed by atoms with E-state index in [1.54, 1.807) is 0 Å². The molecule has 3 aliphatic rings. The van der Waals surface area contributed by atoms with Gasteiger partial charge in [-0.1, -0.05) is 39.5 Å². The van der Waals surface area contributed by atoms with Crippen LogP contribution < -0.4 is 0 Å². The maximum absolute atomic E-state index is 11.2. The first-order chi connectivity index (χ1) is 9.55. The topological polar surface area (TPSA) is 37.3 Å². The standard InChI is InChI=1S/C18H30O2/c1-12(11-17(19)20)18(2)15-9-5-3-7-13(15)14-8-4-6-10-16(14)18/h12-16H,3-11H2,1-2H3,(H,19,20)/t12-,13+,14+,15-,16+,18?/m0/s1. The largest absolute Gasteiger partial charge is 0.481 e.